The van der Waals surface area contributed by atoms with Crippen LogP contribution in [-0.4, -0.2) is 19.4 Å². The molecule has 0 radical (unpaired) electrons. The zero-order valence-electron chi connectivity index (χ0n) is 14.0. The van der Waals surface area contributed by atoms with Crippen LogP contribution in [0, 0.1) is 13.8 Å². The zero-order chi connectivity index (χ0) is 16.8. The number of aryl methyl sites for hydroxylation is 1. The van der Waals surface area contributed by atoms with Crippen molar-refractivity contribution in [3.8, 4) is 11.5 Å². The number of rotatable bonds is 6. The fourth-order valence-electron chi connectivity index (χ4n) is 2.23. The van der Waals surface area contributed by atoms with Crippen LogP contribution >= 0.6 is 15.9 Å². The first-order valence-electron chi connectivity index (χ1n) is 7.76. The van der Waals surface area contributed by atoms with E-state index in [2.05, 4.69) is 40.8 Å². The molecule has 0 fully saturated rings. The fraction of sp³-hybridized carbons (Fsp3) is 0.316. The quantitative estimate of drug-likeness (QED) is 0.613. The second kappa shape index (κ2) is 8.16. The van der Waals surface area contributed by atoms with Gasteiger partial charge in [0.25, 0.3) is 0 Å². The summed E-state index contributed by atoms with van der Waals surface area (Å²) in [4.78, 5) is 4.61. The Morgan fingerprint density at radius 3 is 2.52 bits per heavy atom. The maximum absolute atomic E-state index is 5.69. The van der Waals surface area contributed by atoms with Crippen LogP contribution < -0.4 is 9.47 Å². The van der Waals surface area contributed by atoms with Crippen LogP contribution in [0.2, 0.25) is 0 Å². The number of nitrogens with zero attached hydrogens (tertiary/aromatic N) is 1. The summed E-state index contributed by atoms with van der Waals surface area (Å²) < 4.78 is 12.2. The Bertz CT molecular complexity index is 711. The van der Waals surface area contributed by atoms with E-state index in [-0.39, 0.29) is 0 Å². The van der Waals surface area contributed by atoms with Gasteiger partial charge >= 0.3 is 0 Å². The van der Waals surface area contributed by atoms with Gasteiger partial charge < -0.3 is 9.47 Å². The van der Waals surface area contributed by atoms with Crippen molar-refractivity contribution in [2.24, 2.45) is 4.99 Å². The Kier molecular flexibility index (Phi) is 6.22. The van der Waals surface area contributed by atoms with Crippen molar-refractivity contribution >= 4 is 27.8 Å². The Labute approximate surface area is 146 Å². The van der Waals surface area contributed by atoms with E-state index in [4.69, 9.17) is 9.47 Å². The molecular formula is C19H22BrNO2. The summed E-state index contributed by atoms with van der Waals surface area (Å²) in [6.45, 7) is 9.27. The van der Waals surface area contributed by atoms with E-state index >= 15 is 0 Å². The number of ether oxygens (including phenoxy) is 2. The first kappa shape index (κ1) is 17.5. The molecule has 0 N–H and O–H groups in total. The van der Waals surface area contributed by atoms with Gasteiger partial charge in [0.05, 0.1) is 23.4 Å². The summed E-state index contributed by atoms with van der Waals surface area (Å²) >= 11 is 3.55. The van der Waals surface area contributed by atoms with Crippen molar-refractivity contribution in [3.63, 3.8) is 0 Å². The average Bonchev–Trinajstić information content (AvgIpc) is 2.52. The summed E-state index contributed by atoms with van der Waals surface area (Å²) in [5.74, 6) is 1.46. The van der Waals surface area contributed by atoms with Gasteiger partial charge in [0.15, 0.2) is 11.5 Å². The third-order valence-corrected chi connectivity index (χ3v) is 4.14. The largest absolute Gasteiger partial charge is 0.490 e. The Morgan fingerprint density at radius 1 is 1.09 bits per heavy atom. The SMILES string of the molecule is CCOc1cc(C=Nc2cccc(C)c2C)cc(Br)c1OCC. The van der Waals surface area contributed by atoms with Crippen molar-refractivity contribution in [2.45, 2.75) is 27.7 Å². The molecule has 2 rings (SSSR count). The highest BCUT2D eigenvalue weighted by Crippen LogP contribution is 2.36. The summed E-state index contributed by atoms with van der Waals surface area (Å²) in [7, 11) is 0. The normalized spacial score (nSPS) is 11.0. The van der Waals surface area contributed by atoms with Gasteiger partial charge in [0, 0.05) is 6.21 Å². The van der Waals surface area contributed by atoms with Crippen LogP contribution in [0.4, 0.5) is 5.69 Å². The molecule has 2 aromatic rings. The van der Waals surface area contributed by atoms with Gasteiger partial charge in [-0.05, 0) is 78.5 Å². The molecule has 0 aliphatic rings. The Morgan fingerprint density at radius 2 is 1.83 bits per heavy atom. The van der Waals surface area contributed by atoms with Crippen LogP contribution in [0.25, 0.3) is 0 Å². The lowest BCUT2D eigenvalue weighted by Crippen LogP contribution is -2.00. The average molecular weight is 376 g/mol. The molecular weight excluding hydrogens is 354 g/mol. The van der Waals surface area contributed by atoms with Crippen molar-refractivity contribution in [3.05, 3.63) is 51.5 Å². The van der Waals surface area contributed by atoms with E-state index in [9.17, 15) is 0 Å². The van der Waals surface area contributed by atoms with Gasteiger partial charge in [-0.15, -0.1) is 0 Å². The van der Waals surface area contributed by atoms with E-state index in [0.717, 1.165) is 27.2 Å². The first-order valence-corrected chi connectivity index (χ1v) is 8.55. The monoisotopic (exact) mass is 375 g/mol. The molecule has 23 heavy (non-hydrogen) atoms. The lowest BCUT2D eigenvalue weighted by molar-refractivity contribution is 0.286. The molecule has 122 valence electrons. The van der Waals surface area contributed by atoms with E-state index in [0.29, 0.717) is 13.2 Å². The van der Waals surface area contributed by atoms with Crippen LogP contribution in [0.1, 0.15) is 30.5 Å². The molecule has 0 aliphatic carbocycles. The van der Waals surface area contributed by atoms with Crippen LogP contribution in [0.15, 0.2) is 39.8 Å². The first-order chi connectivity index (χ1) is 11.1. The lowest BCUT2D eigenvalue weighted by atomic mass is 10.1. The van der Waals surface area contributed by atoms with Crippen LogP contribution in [0.3, 0.4) is 0 Å². The summed E-state index contributed by atoms with van der Waals surface area (Å²) in [6, 6.07) is 10.1. The molecule has 0 spiro atoms. The molecule has 0 aliphatic heterocycles. The van der Waals surface area contributed by atoms with Gasteiger partial charge in [-0.25, -0.2) is 0 Å². The number of hydrogen-bond donors (Lipinski definition) is 0. The fourth-order valence-corrected chi connectivity index (χ4v) is 2.80. The molecule has 0 aromatic heterocycles. The minimum absolute atomic E-state index is 0.587. The zero-order valence-corrected chi connectivity index (χ0v) is 15.6. The summed E-state index contributed by atoms with van der Waals surface area (Å²) in [6.07, 6.45) is 1.85. The molecule has 3 nitrogen and oxygen atoms in total. The predicted molar refractivity (Wildman–Crippen MR) is 99.7 cm³/mol. The highest BCUT2D eigenvalue weighted by atomic mass is 79.9. The van der Waals surface area contributed by atoms with Crippen LogP contribution in [0.5, 0.6) is 11.5 Å². The molecule has 0 saturated carbocycles. The second-order valence-electron chi connectivity index (χ2n) is 5.17. The minimum Gasteiger partial charge on any atom is -0.490 e. The van der Waals surface area contributed by atoms with Gasteiger partial charge in [-0.1, -0.05) is 12.1 Å². The summed E-state index contributed by atoms with van der Waals surface area (Å²) in [5, 5.41) is 0. The van der Waals surface area contributed by atoms with Gasteiger partial charge in [-0.3, -0.25) is 4.99 Å². The van der Waals surface area contributed by atoms with Gasteiger partial charge in [-0.2, -0.15) is 0 Å². The lowest BCUT2D eigenvalue weighted by Gasteiger charge is -2.13. The third-order valence-electron chi connectivity index (χ3n) is 3.55. The van der Waals surface area contributed by atoms with E-state index in [1.807, 2.05) is 44.3 Å². The van der Waals surface area contributed by atoms with Crippen LogP contribution in [-0.2, 0) is 0 Å². The highest BCUT2D eigenvalue weighted by molar-refractivity contribution is 9.10. The summed E-state index contributed by atoms with van der Waals surface area (Å²) in [5.41, 5.74) is 4.37. The molecule has 0 unspecified atom stereocenters. The maximum atomic E-state index is 5.69. The predicted octanol–water partition coefficient (Wildman–Crippen LogP) is 5.61. The molecule has 0 saturated heterocycles. The number of hydrogen-bond acceptors (Lipinski definition) is 3. The standard InChI is InChI=1S/C19H22BrNO2/c1-5-22-18-11-15(10-16(20)19(18)23-6-2)12-21-17-9-7-8-13(3)14(17)4/h7-12H,5-6H2,1-4H3. The van der Waals surface area contributed by atoms with Gasteiger partial charge in [0.2, 0.25) is 0 Å². The topological polar surface area (TPSA) is 30.8 Å². The Hall–Kier alpha value is -1.81. The molecule has 2 aromatic carbocycles. The Balaban J connectivity index is 2.36. The van der Waals surface area contributed by atoms with Crippen molar-refractivity contribution in [2.75, 3.05) is 13.2 Å². The second-order valence-corrected chi connectivity index (χ2v) is 6.03. The smallest absolute Gasteiger partial charge is 0.175 e. The number of aliphatic imine (C=N–C) groups is 1. The third kappa shape index (κ3) is 4.35. The number of halogens is 1. The molecule has 0 amide bonds. The number of benzene rings is 2. The molecule has 0 heterocycles. The molecule has 0 bridgehead atoms. The van der Waals surface area contributed by atoms with Crippen molar-refractivity contribution < 1.29 is 9.47 Å². The minimum atomic E-state index is 0.587. The molecule has 0 atom stereocenters. The van der Waals surface area contributed by atoms with Crippen molar-refractivity contribution in [1.82, 2.24) is 0 Å². The van der Waals surface area contributed by atoms with Crippen molar-refractivity contribution in [1.29, 1.82) is 0 Å². The maximum Gasteiger partial charge on any atom is 0.175 e. The van der Waals surface area contributed by atoms with E-state index in [1.165, 1.54) is 11.1 Å². The van der Waals surface area contributed by atoms with E-state index in [1.54, 1.807) is 0 Å². The molecule has 4 heteroatoms. The van der Waals surface area contributed by atoms with E-state index < -0.39 is 0 Å². The highest BCUT2D eigenvalue weighted by Gasteiger charge is 2.11. The van der Waals surface area contributed by atoms with Gasteiger partial charge in [0.1, 0.15) is 0 Å².